The molecule has 9 heteroatoms. The van der Waals surface area contributed by atoms with Crippen LogP contribution in [-0.4, -0.2) is 83.6 Å². The maximum absolute atomic E-state index is 13.6. The molecule has 1 aromatic carbocycles. The molecule has 6 fully saturated rings. The van der Waals surface area contributed by atoms with E-state index in [9.17, 15) is 19.8 Å². The van der Waals surface area contributed by atoms with Gasteiger partial charge in [-0.3, -0.25) is 9.59 Å². The van der Waals surface area contributed by atoms with Gasteiger partial charge < -0.3 is 34.1 Å². The standard InChI is InChI=1S/C44H67NO8/c1-27(23-31(50-9)36(40(5,6)49)52-28(2)46)30-24-34(47)42(8)33-16-15-32-39(3,4)35(17-18-43(32)26-44(33,43)20-19-41(30,42)7)53-38-37(48)45(21-22-51-38)25-29-13-11-10-12-14-29/h10-14,27,30-36,38,47,49H,15-26H2,1-9H3/t27-,30-,31?,32+,33?,34+,35?,36?,38?,41?,42-,43?,44?/m1/s1. The fourth-order valence-electron chi connectivity index (χ4n) is 14.0. The average molecular weight is 738 g/mol. The molecule has 53 heavy (non-hydrogen) atoms. The van der Waals surface area contributed by atoms with E-state index in [0.29, 0.717) is 38.0 Å². The van der Waals surface area contributed by atoms with Crippen LogP contribution in [0.2, 0.25) is 0 Å². The lowest BCUT2D eigenvalue weighted by atomic mass is 9.41. The summed E-state index contributed by atoms with van der Waals surface area (Å²) < 4.78 is 24.3. The summed E-state index contributed by atoms with van der Waals surface area (Å²) in [6, 6.07) is 10.1. The number of fused-ring (bicyclic) bond motifs is 2. The summed E-state index contributed by atoms with van der Waals surface area (Å²) in [4.78, 5) is 27.6. The van der Waals surface area contributed by atoms with Crippen molar-refractivity contribution >= 4 is 11.9 Å². The predicted octanol–water partition coefficient (Wildman–Crippen LogP) is 6.91. The van der Waals surface area contributed by atoms with Gasteiger partial charge in [0, 0.05) is 32.5 Å². The first kappa shape index (κ1) is 39.2. The van der Waals surface area contributed by atoms with Crippen LogP contribution >= 0.6 is 0 Å². The lowest BCUT2D eigenvalue weighted by molar-refractivity contribution is -0.244. The molecule has 0 aromatic heterocycles. The van der Waals surface area contributed by atoms with Crippen LogP contribution in [0.4, 0.5) is 0 Å². The normalized spacial score (nSPS) is 42.0. The number of amides is 1. The van der Waals surface area contributed by atoms with Crippen LogP contribution in [0.3, 0.4) is 0 Å². The molecule has 6 aliphatic rings. The molecule has 13 atom stereocenters. The van der Waals surface area contributed by atoms with Gasteiger partial charge in [-0.05, 0) is 123 Å². The van der Waals surface area contributed by atoms with Crippen molar-refractivity contribution in [3.8, 4) is 0 Å². The molecule has 1 amide bonds. The quantitative estimate of drug-likeness (QED) is 0.236. The van der Waals surface area contributed by atoms with Crippen LogP contribution in [0.1, 0.15) is 119 Å². The molecule has 296 valence electrons. The molecule has 5 saturated carbocycles. The number of hydrogen-bond donors (Lipinski definition) is 2. The number of carbonyl (C=O) groups is 2. The summed E-state index contributed by atoms with van der Waals surface area (Å²) in [7, 11) is 1.63. The Hall–Kier alpha value is -2.04. The number of hydrogen-bond acceptors (Lipinski definition) is 8. The van der Waals surface area contributed by atoms with E-state index in [1.54, 1.807) is 21.0 Å². The number of nitrogens with zero attached hydrogens (tertiary/aromatic N) is 1. The van der Waals surface area contributed by atoms with Crippen molar-refractivity contribution in [2.45, 2.75) is 156 Å². The third-order valence-electron chi connectivity index (χ3n) is 16.8. The second-order valence-corrected chi connectivity index (χ2v) is 19.8. The summed E-state index contributed by atoms with van der Waals surface area (Å²) in [6.07, 6.45) is 6.57. The Labute approximate surface area is 317 Å². The fraction of sp³-hybridized carbons (Fsp3) is 0.818. The van der Waals surface area contributed by atoms with Crippen molar-refractivity contribution < 1.29 is 38.7 Å². The highest BCUT2D eigenvalue weighted by Gasteiger charge is 2.83. The molecule has 5 aliphatic carbocycles. The van der Waals surface area contributed by atoms with Crippen molar-refractivity contribution in [1.29, 1.82) is 0 Å². The number of rotatable bonds is 11. The summed E-state index contributed by atoms with van der Waals surface area (Å²) in [5.74, 6) is 0.913. The molecular formula is C44H67NO8. The number of ether oxygens (including phenoxy) is 4. The van der Waals surface area contributed by atoms with E-state index in [1.807, 2.05) is 23.1 Å². The number of aliphatic hydroxyl groups excluding tert-OH is 1. The smallest absolute Gasteiger partial charge is 0.303 e. The van der Waals surface area contributed by atoms with Crippen LogP contribution in [0.25, 0.3) is 0 Å². The van der Waals surface area contributed by atoms with Crippen LogP contribution in [0.15, 0.2) is 30.3 Å². The van der Waals surface area contributed by atoms with E-state index < -0.39 is 36.2 Å². The molecule has 9 nitrogen and oxygen atoms in total. The largest absolute Gasteiger partial charge is 0.457 e. The zero-order valence-corrected chi connectivity index (χ0v) is 33.9. The third-order valence-corrected chi connectivity index (χ3v) is 16.8. The van der Waals surface area contributed by atoms with Crippen molar-refractivity contribution in [3.63, 3.8) is 0 Å². The molecule has 1 heterocycles. The van der Waals surface area contributed by atoms with Gasteiger partial charge in [0.25, 0.3) is 5.91 Å². The maximum Gasteiger partial charge on any atom is 0.303 e. The molecule has 8 unspecified atom stereocenters. The SMILES string of the molecule is COC(C[C@@H](C)[C@H]1C[C@H](O)[C@@]2(C)C3CC[C@H]4C(C)(C)C(OC5OCCN(Cc6ccccc6)C5=O)CCC45CC35CCC12C)C(OC(C)=O)C(C)(C)O. The van der Waals surface area contributed by atoms with Crippen LogP contribution in [0, 0.1) is 50.7 Å². The van der Waals surface area contributed by atoms with Gasteiger partial charge in [-0.2, -0.15) is 0 Å². The zero-order chi connectivity index (χ0) is 38.4. The number of aliphatic hydroxyl groups is 2. The lowest BCUT2D eigenvalue weighted by Gasteiger charge is -2.64. The van der Waals surface area contributed by atoms with Gasteiger partial charge in [0.2, 0.25) is 6.29 Å². The Morgan fingerprint density at radius 3 is 2.38 bits per heavy atom. The van der Waals surface area contributed by atoms with Crippen LogP contribution < -0.4 is 0 Å². The lowest BCUT2D eigenvalue weighted by Crippen LogP contribution is -2.60. The highest BCUT2D eigenvalue weighted by Crippen LogP contribution is 2.89. The maximum atomic E-state index is 13.6. The zero-order valence-electron chi connectivity index (χ0n) is 33.9. The fourth-order valence-corrected chi connectivity index (χ4v) is 14.0. The van der Waals surface area contributed by atoms with E-state index >= 15 is 0 Å². The Balaban J connectivity index is 1.06. The molecule has 0 radical (unpaired) electrons. The average Bonchev–Trinajstić information content (AvgIpc) is 3.71. The number of esters is 1. The molecule has 0 bridgehead atoms. The van der Waals surface area contributed by atoms with Gasteiger partial charge in [-0.15, -0.1) is 0 Å². The van der Waals surface area contributed by atoms with Gasteiger partial charge >= 0.3 is 5.97 Å². The first-order valence-corrected chi connectivity index (χ1v) is 20.6. The van der Waals surface area contributed by atoms with Crippen molar-refractivity contribution in [1.82, 2.24) is 4.90 Å². The van der Waals surface area contributed by atoms with Crippen molar-refractivity contribution in [3.05, 3.63) is 35.9 Å². The van der Waals surface area contributed by atoms with Crippen LogP contribution in [0.5, 0.6) is 0 Å². The summed E-state index contributed by atoms with van der Waals surface area (Å²) in [5.41, 5.74) is -0.0489. The summed E-state index contributed by atoms with van der Waals surface area (Å²) in [6.45, 7) is 18.2. The minimum absolute atomic E-state index is 0.0531. The number of carbonyl (C=O) groups excluding carboxylic acids is 2. The van der Waals surface area contributed by atoms with Gasteiger partial charge in [-0.25, -0.2) is 0 Å². The van der Waals surface area contributed by atoms with Gasteiger partial charge in [0.05, 0.1) is 30.5 Å². The van der Waals surface area contributed by atoms with E-state index in [0.717, 1.165) is 44.1 Å². The molecule has 1 saturated heterocycles. The summed E-state index contributed by atoms with van der Waals surface area (Å²) >= 11 is 0. The summed E-state index contributed by atoms with van der Waals surface area (Å²) in [5, 5.41) is 23.2. The van der Waals surface area contributed by atoms with E-state index in [-0.39, 0.29) is 50.9 Å². The van der Waals surface area contributed by atoms with Gasteiger partial charge in [0.15, 0.2) is 6.10 Å². The number of benzene rings is 1. The minimum atomic E-state index is -1.25. The monoisotopic (exact) mass is 737 g/mol. The van der Waals surface area contributed by atoms with Crippen molar-refractivity contribution in [2.75, 3.05) is 20.3 Å². The van der Waals surface area contributed by atoms with Crippen molar-refractivity contribution in [2.24, 2.45) is 50.7 Å². The minimum Gasteiger partial charge on any atom is -0.457 e. The topological polar surface area (TPSA) is 115 Å². The third kappa shape index (κ3) is 6.04. The highest BCUT2D eigenvalue weighted by molar-refractivity contribution is 5.80. The predicted molar refractivity (Wildman–Crippen MR) is 201 cm³/mol. The Kier molecular flexibility index (Phi) is 10.0. The molecule has 7 rings (SSSR count). The Morgan fingerprint density at radius 2 is 1.72 bits per heavy atom. The van der Waals surface area contributed by atoms with E-state index in [2.05, 4.69) is 46.8 Å². The number of morpholine rings is 1. The van der Waals surface area contributed by atoms with E-state index in [1.165, 1.54) is 19.8 Å². The van der Waals surface area contributed by atoms with Gasteiger partial charge in [-0.1, -0.05) is 65.0 Å². The Bertz CT molecular complexity index is 1530. The first-order valence-electron chi connectivity index (χ1n) is 20.6. The second kappa shape index (κ2) is 13.6. The molecule has 2 N–H and O–H groups in total. The molecule has 2 spiro atoms. The molecular weight excluding hydrogens is 670 g/mol. The Morgan fingerprint density at radius 1 is 1.04 bits per heavy atom. The number of methoxy groups -OCH3 is 1. The second-order valence-electron chi connectivity index (χ2n) is 19.8. The van der Waals surface area contributed by atoms with E-state index in [4.69, 9.17) is 18.9 Å². The molecule has 1 aliphatic heterocycles. The van der Waals surface area contributed by atoms with Gasteiger partial charge in [0.1, 0.15) is 0 Å². The molecule has 1 aromatic rings. The highest BCUT2D eigenvalue weighted by atomic mass is 16.7. The first-order chi connectivity index (χ1) is 24.9. The van der Waals surface area contributed by atoms with Crippen LogP contribution in [-0.2, 0) is 35.1 Å².